The Morgan fingerprint density at radius 2 is 1.87 bits per heavy atom. The van der Waals surface area contributed by atoms with E-state index in [4.69, 9.17) is 0 Å². The SMILES string of the molecule is CC(C)NC(=O)c1cncc(Nc2ccccc2C(F)(F)F)c1. The van der Waals surface area contributed by atoms with Gasteiger partial charge in [-0.3, -0.25) is 9.78 Å². The van der Waals surface area contributed by atoms with Gasteiger partial charge in [0.15, 0.2) is 0 Å². The van der Waals surface area contributed by atoms with Crippen molar-refractivity contribution in [3.05, 3.63) is 53.9 Å². The highest BCUT2D eigenvalue weighted by atomic mass is 19.4. The molecule has 1 amide bonds. The second kappa shape index (κ2) is 6.68. The average molecular weight is 323 g/mol. The van der Waals surface area contributed by atoms with Crippen molar-refractivity contribution in [2.75, 3.05) is 5.32 Å². The van der Waals surface area contributed by atoms with E-state index in [1.54, 1.807) is 0 Å². The van der Waals surface area contributed by atoms with Gasteiger partial charge in [0.25, 0.3) is 5.91 Å². The quantitative estimate of drug-likeness (QED) is 0.895. The van der Waals surface area contributed by atoms with Crippen LogP contribution >= 0.6 is 0 Å². The Bertz CT molecular complexity index is 699. The molecule has 1 heterocycles. The first kappa shape index (κ1) is 16.8. The normalized spacial score (nSPS) is 11.4. The molecule has 2 aromatic rings. The summed E-state index contributed by atoms with van der Waals surface area (Å²) in [6.45, 7) is 3.63. The fourth-order valence-corrected chi connectivity index (χ4v) is 1.97. The number of benzene rings is 1. The molecule has 7 heteroatoms. The van der Waals surface area contributed by atoms with Gasteiger partial charge < -0.3 is 10.6 Å². The zero-order valence-corrected chi connectivity index (χ0v) is 12.6. The van der Waals surface area contributed by atoms with E-state index >= 15 is 0 Å². The van der Waals surface area contributed by atoms with Gasteiger partial charge in [0.2, 0.25) is 0 Å². The van der Waals surface area contributed by atoms with Crippen LogP contribution in [-0.4, -0.2) is 16.9 Å². The summed E-state index contributed by atoms with van der Waals surface area (Å²) in [4.78, 5) is 15.8. The summed E-state index contributed by atoms with van der Waals surface area (Å²) in [5, 5.41) is 5.36. The summed E-state index contributed by atoms with van der Waals surface area (Å²) < 4.78 is 38.9. The Kier molecular flexibility index (Phi) is 4.88. The minimum atomic E-state index is -4.47. The van der Waals surface area contributed by atoms with Crippen LogP contribution in [0.15, 0.2) is 42.7 Å². The molecule has 0 saturated carbocycles. The van der Waals surface area contributed by atoms with Crippen molar-refractivity contribution >= 4 is 17.3 Å². The molecule has 0 aliphatic carbocycles. The number of para-hydroxylation sites is 1. The number of nitrogens with zero attached hydrogens (tertiary/aromatic N) is 1. The third-order valence-electron chi connectivity index (χ3n) is 2.93. The van der Waals surface area contributed by atoms with Crippen LogP contribution in [0, 0.1) is 0 Å². The van der Waals surface area contributed by atoms with E-state index < -0.39 is 11.7 Å². The molecule has 1 aromatic carbocycles. The number of alkyl halides is 3. The maximum absolute atomic E-state index is 13.0. The van der Waals surface area contributed by atoms with Gasteiger partial charge in [-0.15, -0.1) is 0 Å². The molecule has 0 saturated heterocycles. The zero-order chi connectivity index (χ0) is 17.0. The Morgan fingerprint density at radius 3 is 2.52 bits per heavy atom. The maximum atomic E-state index is 13.0. The van der Waals surface area contributed by atoms with E-state index in [1.165, 1.54) is 36.7 Å². The van der Waals surface area contributed by atoms with E-state index in [1.807, 2.05) is 13.8 Å². The number of anilines is 2. The Hall–Kier alpha value is -2.57. The Morgan fingerprint density at radius 1 is 1.17 bits per heavy atom. The standard InChI is InChI=1S/C16H16F3N3O/c1-10(2)21-15(23)11-7-12(9-20-8-11)22-14-6-4-3-5-13(14)16(17,18)19/h3-10,22H,1-2H3,(H,21,23). The molecule has 122 valence electrons. The highest BCUT2D eigenvalue weighted by Gasteiger charge is 2.33. The summed E-state index contributed by atoms with van der Waals surface area (Å²) in [6, 6.07) is 6.54. The first-order chi connectivity index (χ1) is 10.8. The Balaban J connectivity index is 2.27. The monoisotopic (exact) mass is 323 g/mol. The summed E-state index contributed by atoms with van der Waals surface area (Å²) in [6.07, 6.45) is -1.75. The zero-order valence-electron chi connectivity index (χ0n) is 12.6. The molecular weight excluding hydrogens is 307 g/mol. The molecule has 23 heavy (non-hydrogen) atoms. The van der Waals surface area contributed by atoms with E-state index in [2.05, 4.69) is 15.6 Å². The lowest BCUT2D eigenvalue weighted by molar-refractivity contribution is -0.136. The van der Waals surface area contributed by atoms with Gasteiger partial charge in [0, 0.05) is 12.2 Å². The van der Waals surface area contributed by atoms with Crippen molar-refractivity contribution < 1.29 is 18.0 Å². The second-order valence-corrected chi connectivity index (χ2v) is 5.26. The molecule has 2 N–H and O–H groups in total. The minimum absolute atomic E-state index is 0.0509. The predicted molar refractivity (Wildman–Crippen MR) is 81.6 cm³/mol. The molecule has 0 atom stereocenters. The summed E-state index contributed by atoms with van der Waals surface area (Å²) >= 11 is 0. The molecule has 0 bridgehead atoms. The predicted octanol–water partition coefficient (Wildman–Crippen LogP) is 3.98. The molecule has 0 fully saturated rings. The van der Waals surface area contributed by atoms with E-state index in [9.17, 15) is 18.0 Å². The van der Waals surface area contributed by atoms with Gasteiger partial charge in [0.1, 0.15) is 0 Å². The molecule has 0 radical (unpaired) electrons. The van der Waals surface area contributed by atoms with Crippen LogP contribution in [0.3, 0.4) is 0 Å². The lowest BCUT2D eigenvalue weighted by atomic mass is 10.1. The van der Waals surface area contributed by atoms with Crippen molar-refractivity contribution in [1.82, 2.24) is 10.3 Å². The van der Waals surface area contributed by atoms with Crippen LogP contribution in [0.1, 0.15) is 29.8 Å². The van der Waals surface area contributed by atoms with Crippen LogP contribution in [0.25, 0.3) is 0 Å². The lowest BCUT2D eigenvalue weighted by Gasteiger charge is -2.15. The van der Waals surface area contributed by atoms with Gasteiger partial charge in [-0.05, 0) is 32.0 Å². The number of amides is 1. The third-order valence-corrected chi connectivity index (χ3v) is 2.93. The fraction of sp³-hybridized carbons (Fsp3) is 0.250. The molecule has 2 rings (SSSR count). The van der Waals surface area contributed by atoms with Gasteiger partial charge >= 0.3 is 6.18 Å². The second-order valence-electron chi connectivity index (χ2n) is 5.26. The van der Waals surface area contributed by atoms with Crippen molar-refractivity contribution in [2.24, 2.45) is 0 Å². The molecule has 0 spiro atoms. The van der Waals surface area contributed by atoms with Crippen LogP contribution in [0.4, 0.5) is 24.5 Å². The summed E-state index contributed by atoms with van der Waals surface area (Å²) in [5.41, 5.74) is -0.299. The smallest absolute Gasteiger partial charge is 0.354 e. The highest BCUT2D eigenvalue weighted by Crippen LogP contribution is 2.35. The van der Waals surface area contributed by atoms with Crippen molar-refractivity contribution in [1.29, 1.82) is 0 Å². The Labute approximate surface area is 131 Å². The number of rotatable bonds is 4. The number of pyridine rings is 1. The molecule has 1 aromatic heterocycles. The van der Waals surface area contributed by atoms with Gasteiger partial charge in [-0.2, -0.15) is 13.2 Å². The first-order valence-corrected chi connectivity index (χ1v) is 6.96. The number of hydrogen-bond donors (Lipinski definition) is 2. The van der Waals surface area contributed by atoms with E-state index in [-0.39, 0.29) is 23.2 Å². The van der Waals surface area contributed by atoms with Gasteiger partial charge in [-0.1, -0.05) is 12.1 Å². The lowest BCUT2D eigenvalue weighted by Crippen LogP contribution is -2.30. The van der Waals surface area contributed by atoms with E-state index in [0.29, 0.717) is 5.69 Å². The van der Waals surface area contributed by atoms with Gasteiger partial charge in [0.05, 0.1) is 28.7 Å². The number of carbonyl (C=O) groups is 1. The van der Waals surface area contributed by atoms with Crippen LogP contribution < -0.4 is 10.6 Å². The number of carbonyl (C=O) groups excluding carboxylic acids is 1. The maximum Gasteiger partial charge on any atom is 0.418 e. The molecule has 0 aliphatic rings. The fourth-order valence-electron chi connectivity index (χ4n) is 1.97. The summed E-state index contributed by atoms with van der Waals surface area (Å²) in [5.74, 6) is -0.333. The van der Waals surface area contributed by atoms with Crippen LogP contribution in [0.5, 0.6) is 0 Å². The van der Waals surface area contributed by atoms with Crippen molar-refractivity contribution in [3.8, 4) is 0 Å². The first-order valence-electron chi connectivity index (χ1n) is 6.96. The average Bonchev–Trinajstić information content (AvgIpc) is 2.46. The minimum Gasteiger partial charge on any atom is -0.354 e. The molecule has 0 unspecified atom stereocenters. The third kappa shape index (κ3) is 4.45. The molecular formula is C16H16F3N3O. The molecule has 4 nitrogen and oxygen atoms in total. The van der Waals surface area contributed by atoms with Crippen LogP contribution in [-0.2, 0) is 6.18 Å². The highest BCUT2D eigenvalue weighted by molar-refractivity contribution is 5.95. The van der Waals surface area contributed by atoms with Gasteiger partial charge in [-0.25, -0.2) is 0 Å². The topological polar surface area (TPSA) is 54.0 Å². The summed E-state index contributed by atoms with van der Waals surface area (Å²) in [7, 11) is 0. The molecule has 0 aliphatic heterocycles. The van der Waals surface area contributed by atoms with Crippen LogP contribution in [0.2, 0.25) is 0 Å². The number of halogens is 3. The van der Waals surface area contributed by atoms with Crippen molar-refractivity contribution in [3.63, 3.8) is 0 Å². The number of aromatic nitrogens is 1. The number of nitrogens with one attached hydrogen (secondary N) is 2. The van der Waals surface area contributed by atoms with Crippen molar-refractivity contribution in [2.45, 2.75) is 26.1 Å². The van der Waals surface area contributed by atoms with E-state index in [0.717, 1.165) is 6.07 Å². The number of hydrogen-bond acceptors (Lipinski definition) is 3. The largest absolute Gasteiger partial charge is 0.418 e.